The summed E-state index contributed by atoms with van der Waals surface area (Å²) in [6, 6.07) is 10.5. The fourth-order valence-electron chi connectivity index (χ4n) is 2.64. The molecule has 0 aromatic heterocycles. The third-order valence-corrected chi connectivity index (χ3v) is 3.84. The van der Waals surface area contributed by atoms with E-state index in [-0.39, 0.29) is 5.75 Å². The van der Waals surface area contributed by atoms with Crippen molar-refractivity contribution in [2.75, 3.05) is 5.32 Å². The Kier molecular flexibility index (Phi) is 4.38. The first-order valence-corrected chi connectivity index (χ1v) is 7.58. The van der Waals surface area contributed by atoms with Crippen LogP contribution in [0.3, 0.4) is 0 Å². The first kappa shape index (κ1) is 16.5. The van der Waals surface area contributed by atoms with Crippen molar-refractivity contribution in [1.29, 1.82) is 0 Å². The summed E-state index contributed by atoms with van der Waals surface area (Å²) in [6.45, 7) is 1.63. The molecule has 3 rings (SSSR count). The summed E-state index contributed by atoms with van der Waals surface area (Å²) in [5.41, 5.74) is 1.83. The third kappa shape index (κ3) is 3.60. The van der Waals surface area contributed by atoms with E-state index in [0.29, 0.717) is 22.5 Å². The summed E-state index contributed by atoms with van der Waals surface area (Å²) >= 11 is 0. The molecule has 4 N–H and O–H groups in total. The lowest BCUT2D eigenvalue weighted by Gasteiger charge is -2.28. The third-order valence-electron chi connectivity index (χ3n) is 3.84. The largest absolute Gasteiger partial charge is 0.508 e. The van der Waals surface area contributed by atoms with E-state index in [1.807, 2.05) is 0 Å². The molecule has 1 heterocycles. The number of nitrogens with one attached hydrogen (secondary N) is 3. The molecule has 25 heavy (non-hydrogen) atoms. The molecule has 0 fully saturated rings. The van der Waals surface area contributed by atoms with Gasteiger partial charge in [-0.3, -0.25) is 4.79 Å². The highest BCUT2D eigenvalue weighted by Gasteiger charge is 2.31. The summed E-state index contributed by atoms with van der Waals surface area (Å²) in [7, 11) is 0. The molecule has 0 saturated heterocycles. The number of carbonyl (C=O) groups excluding carboxylic acids is 2. The number of halogens is 1. The van der Waals surface area contributed by atoms with Gasteiger partial charge in [0.1, 0.15) is 11.6 Å². The van der Waals surface area contributed by atoms with Gasteiger partial charge in [0.05, 0.1) is 11.6 Å². The zero-order valence-electron chi connectivity index (χ0n) is 13.3. The number of urea groups is 1. The summed E-state index contributed by atoms with van der Waals surface area (Å²) < 4.78 is 13.0. The van der Waals surface area contributed by atoms with Crippen LogP contribution in [-0.2, 0) is 4.79 Å². The van der Waals surface area contributed by atoms with Crippen molar-refractivity contribution in [3.8, 4) is 5.75 Å². The topological polar surface area (TPSA) is 90.5 Å². The number of benzene rings is 2. The van der Waals surface area contributed by atoms with E-state index in [9.17, 15) is 19.1 Å². The van der Waals surface area contributed by atoms with Crippen LogP contribution in [0.15, 0.2) is 59.8 Å². The molecule has 6 nitrogen and oxygen atoms in total. The van der Waals surface area contributed by atoms with Gasteiger partial charge in [-0.2, -0.15) is 0 Å². The van der Waals surface area contributed by atoms with Crippen molar-refractivity contribution in [2.24, 2.45) is 0 Å². The molecular weight excluding hydrogens is 325 g/mol. The zero-order chi connectivity index (χ0) is 18.0. The highest BCUT2D eigenvalue weighted by Crippen LogP contribution is 2.28. The Labute approximate surface area is 143 Å². The van der Waals surface area contributed by atoms with E-state index in [4.69, 9.17) is 0 Å². The van der Waals surface area contributed by atoms with Crippen LogP contribution >= 0.6 is 0 Å². The van der Waals surface area contributed by atoms with Crippen LogP contribution in [0.1, 0.15) is 18.5 Å². The van der Waals surface area contributed by atoms with E-state index in [0.717, 1.165) is 0 Å². The van der Waals surface area contributed by atoms with Gasteiger partial charge >= 0.3 is 6.03 Å². The number of phenolic OH excluding ortho intramolecular Hbond substituents is 1. The monoisotopic (exact) mass is 341 g/mol. The van der Waals surface area contributed by atoms with Crippen molar-refractivity contribution in [3.05, 3.63) is 71.2 Å². The fourth-order valence-corrected chi connectivity index (χ4v) is 2.64. The van der Waals surface area contributed by atoms with Gasteiger partial charge in [-0.25, -0.2) is 9.18 Å². The van der Waals surface area contributed by atoms with Crippen LogP contribution < -0.4 is 16.0 Å². The van der Waals surface area contributed by atoms with Crippen LogP contribution in [0.25, 0.3) is 0 Å². The summed E-state index contributed by atoms with van der Waals surface area (Å²) in [6.07, 6.45) is 0. The number of hydrogen-bond donors (Lipinski definition) is 4. The number of phenols is 1. The fraction of sp³-hybridized carbons (Fsp3) is 0.111. The zero-order valence-corrected chi connectivity index (χ0v) is 13.3. The number of carbonyl (C=O) groups is 2. The van der Waals surface area contributed by atoms with E-state index >= 15 is 0 Å². The van der Waals surface area contributed by atoms with Gasteiger partial charge in [-0.1, -0.05) is 12.1 Å². The highest BCUT2D eigenvalue weighted by atomic mass is 19.1. The van der Waals surface area contributed by atoms with Gasteiger partial charge in [0, 0.05) is 11.4 Å². The maximum Gasteiger partial charge on any atom is 0.319 e. The molecule has 2 aromatic carbocycles. The second-order valence-corrected chi connectivity index (χ2v) is 5.62. The average molecular weight is 341 g/mol. The van der Waals surface area contributed by atoms with Crippen molar-refractivity contribution < 1.29 is 19.1 Å². The Morgan fingerprint density at radius 3 is 2.40 bits per heavy atom. The van der Waals surface area contributed by atoms with E-state index < -0.39 is 23.8 Å². The van der Waals surface area contributed by atoms with Crippen LogP contribution in [0, 0.1) is 5.82 Å². The van der Waals surface area contributed by atoms with Crippen LogP contribution in [0.5, 0.6) is 5.75 Å². The predicted molar refractivity (Wildman–Crippen MR) is 90.2 cm³/mol. The smallest absolute Gasteiger partial charge is 0.319 e. The van der Waals surface area contributed by atoms with Crippen LogP contribution in [-0.4, -0.2) is 17.0 Å². The molecular formula is C18H16FN3O3. The quantitative estimate of drug-likeness (QED) is 0.692. The maximum absolute atomic E-state index is 13.0. The molecule has 1 unspecified atom stereocenters. The molecule has 7 heteroatoms. The van der Waals surface area contributed by atoms with Crippen molar-refractivity contribution in [3.63, 3.8) is 0 Å². The first-order chi connectivity index (χ1) is 11.9. The molecule has 0 radical (unpaired) electrons. The molecule has 2 aromatic rings. The minimum atomic E-state index is -0.671. The lowest BCUT2D eigenvalue weighted by Crippen LogP contribution is -2.45. The highest BCUT2D eigenvalue weighted by molar-refractivity contribution is 6.06. The molecule has 3 amide bonds. The van der Waals surface area contributed by atoms with Gasteiger partial charge in [0.25, 0.3) is 5.91 Å². The Morgan fingerprint density at radius 2 is 1.76 bits per heavy atom. The minimum absolute atomic E-state index is 0.0852. The van der Waals surface area contributed by atoms with Gasteiger partial charge in [0.2, 0.25) is 0 Å². The molecule has 0 aliphatic carbocycles. The van der Waals surface area contributed by atoms with E-state index in [1.54, 1.807) is 19.1 Å². The normalized spacial score (nSPS) is 16.9. The Morgan fingerprint density at radius 1 is 1.12 bits per heavy atom. The summed E-state index contributed by atoms with van der Waals surface area (Å²) in [4.78, 5) is 24.5. The number of hydrogen-bond acceptors (Lipinski definition) is 3. The molecule has 0 spiro atoms. The standard InChI is InChI=1S/C18H16FN3O3/c1-10-15(17(24)21-13-6-4-12(19)5-7-13)16(22-18(25)20-10)11-2-8-14(23)9-3-11/h2-9,16,23H,1H3,(H,21,24)(H2,20,22,25). The molecule has 1 aliphatic rings. The second-order valence-electron chi connectivity index (χ2n) is 5.62. The van der Waals surface area contributed by atoms with Gasteiger partial charge in [-0.15, -0.1) is 0 Å². The van der Waals surface area contributed by atoms with Crippen molar-refractivity contribution >= 4 is 17.6 Å². The average Bonchev–Trinajstić information content (AvgIpc) is 2.57. The number of aromatic hydroxyl groups is 1. The summed E-state index contributed by atoms with van der Waals surface area (Å²) in [5, 5.41) is 17.4. The molecule has 1 aliphatic heterocycles. The van der Waals surface area contributed by atoms with Gasteiger partial charge in [0.15, 0.2) is 0 Å². The van der Waals surface area contributed by atoms with Crippen molar-refractivity contribution in [1.82, 2.24) is 10.6 Å². The molecule has 128 valence electrons. The SMILES string of the molecule is CC1=C(C(=O)Nc2ccc(F)cc2)C(c2ccc(O)cc2)NC(=O)N1. The number of amides is 3. The second kappa shape index (κ2) is 6.64. The van der Waals surface area contributed by atoms with Gasteiger partial charge in [-0.05, 0) is 48.9 Å². The number of rotatable bonds is 3. The molecule has 1 atom stereocenters. The van der Waals surface area contributed by atoms with Crippen LogP contribution in [0.4, 0.5) is 14.9 Å². The lowest BCUT2D eigenvalue weighted by molar-refractivity contribution is -0.113. The number of allylic oxidation sites excluding steroid dienone is 1. The Balaban J connectivity index is 1.92. The minimum Gasteiger partial charge on any atom is -0.508 e. The molecule has 0 saturated carbocycles. The lowest BCUT2D eigenvalue weighted by atomic mass is 9.94. The predicted octanol–water partition coefficient (Wildman–Crippen LogP) is 2.80. The first-order valence-electron chi connectivity index (χ1n) is 7.58. The summed E-state index contributed by atoms with van der Waals surface area (Å²) in [5.74, 6) is -0.737. The Hall–Kier alpha value is -3.35. The van der Waals surface area contributed by atoms with Gasteiger partial charge < -0.3 is 21.1 Å². The van der Waals surface area contributed by atoms with E-state index in [1.165, 1.54) is 36.4 Å². The number of anilines is 1. The van der Waals surface area contributed by atoms with Crippen molar-refractivity contribution in [2.45, 2.75) is 13.0 Å². The Bertz CT molecular complexity index is 845. The molecule has 0 bridgehead atoms. The van der Waals surface area contributed by atoms with E-state index in [2.05, 4.69) is 16.0 Å². The maximum atomic E-state index is 13.0. The van der Waals surface area contributed by atoms with Crippen LogP contribution in [0.2, 0.25) is 0 Å².